The van der Waals surface area contributed by atoms with Crippen molar-refractivity contribution in [1.82, 2.24) is 19.9 Å². The van der Waals surface area contributed by atoms with E-state index >= 15 is 0 Å². The number of carboxylic acid groups (broad SMARTS) is 1. The summed E-state index contributed by atoms with van der Waals surface area (Å²) in [6, 6.07) is 6.41. The molecule has 1 aliphatic rings. The molecule has 2 heterocycles. The summed E-state index contributed by atoms with van der Waals surface area (Å²) in [7, 11) is 1.58. The van der Waals surface area contributed by atoms with Crippen LogP contribution in [0.25, 0.3) is 5.69 Å². The number of hydrogen-bond acceptors (Lipinski definition) is 5. The largest absolute Gasteiger partial charge is 0.497 e. The number of carboxylic acids is 1. The highest BCUT2D eigenvalue weighted by atomic mass is 16.5. The van der Waals surface area contributed by atoms with Crippen molar-refractivity contribution in [2.75, 3.05) is 13.7 Å². The number of amides is 1. The lowest BCUT2D eigenvalue weighted by molar-refractivity contribution is -0.141. The molecule has 0 radical (unpaired) electrons. The minimum atomic E-state index is -0.985. The fourth-order valence-electron chi connectivity index (χ4n) is 2.90. The molecule has 1 fully saturated rings. The van der Waals surface area contributed by atoms with E-state index in [1.165, 1.54) is 4.90 Å². The summed E-state index contributed by atoms with van der Waals surface area (Å²) >= 11 is 0. The van der Waals surface area contributed by atoms with E-state index in [-0.39, 0.29) is 5.69 Å². The van der Waals surface area contributed by atoms with Crippen molar-refractivity contribution in [2.45, 2.75) is 25.8 Å². The van der Waals surface area contributed by atoms with Crippen molar-refractivity contribution in [3.05, 3.63) is 35.7 Å². The zero-order chi connectivity index (χ0) is 17.3. The number of benzene rings is 1. The molecule has 1 N–H and O–H groups in total. The number of ether oxygens (including phenoxy) is 1. The summed E-state index contributed by atoms with van der Waals surface area (Å²) in [5, 5.41) is 17.2. The topological polar surface area (TPSA) is 97.5 Å². The zero-order valence-corrected chi connectivity index (χ0v) is 13.5. The maximum atomic E-state index is 12.7. The molecule has 1 atom stereocenters. The SMILES string of the molecule is COc1ccc(-n2nnc(C(=O)N3CCC[C@H]3C(=O)O)c2C)cc1. The number of likely N-dealkylation sites (tertiary alicyclic amines) is 1. The molecule has 1 aliphatic heterocycles. The molecule has 126 valence electrons. The second kappa shape index (κ2) is 6.31. The Morgan fingerprint density at radius 1 is 1.29 bits per heavy atom. The highest BCUT2D eigenvalue weighted by molar-refractivity contribution is 5.96. The first-order valence-electron chi connectivity index (χ1n) is 7.63. The highest BCUT2D eigenvalue weighted by Gasteiger charge is 2.36. The maximum absolute atomic E-state index is 12.7. The molecule has 24 heavy (non-hydrogen) atoms. The minimum Gasteiger partial charge on any atom is -0.497 e. The summed E-state index contributed by atoms with van der Waals surface area (Å²) in [6.45, 7) is 2.16. The number of methoxy groups -OCH3 is 1. The Bertz CT molecular complexity index is 769. The molecule has 0 spiro atoms. The van der Waals surface area contributed by atoms with Crippen LogP contribution in [0.2, 0.25) is 0 Å². The summed E-state index contributed by atoms with van der Waals surface area (Å²) in [6.07, 6.45) is 1.14. The van der Waals surface area contributed by atoms with Crippen LogP contribution in [-0.2, 0) is 4.79 Å². The lowest BCUT2D eigenvalue weighted by Gasteiger charge is -2.20. The van der Waals surface area contributed by atoms with Gasteiger partial charge in [0.1, 0.15) is 11.8 Å². The van der Waals surface area contributed by atoms with Gasteiger partial charge in [-0.05, 0) is 44.0 Å². The smallest absolute Gasteiger partial charge is 0.326 e. The monoisotopic (exact) mass is 330 g/mol. The number of aliphatic carboxylic acids is 1. The Morgan fingerprint density at radius 2 is 2.00 bits per heavy atom. The molecule has 1 aromatic heterocycles. The standard InChI is InChI=1S/C16H18N4O4/c1-10-14(15(21)19-9-3-4-13(19)16(22)23)17-18-20(10)11-5-7-12(24-2)8-6-11/h5-8,13H,3-4,9H2,1-2H3,(H,22,23)/t13-/m0/s1. The van der Waals surface area contributed by atoms with E-state index in [0.29, 0.717) is 30.8 Å². The summed E-state index contributed by atoms with van der Waals surface area (Å²) in [4.78, 5) is 25.3. The normalized spacial score (nSPS) is 17.1. The number of rotatable bonds is 4. The maximum Gasteiger partial charge on any atom is 0.326 e. The first-order chi connectivity index (χ1) is 11.5. The van der Waals surface area contributed by atoms with E-state index in [2.05, 4.69) is 10.3 Å². The predicted octanol–water partition coefficient (Wildman–Crippen LogP) is 1.27. The van der Waals surface area contributed by atoms with Gasteiger partial charge in [0.15, 0.2) is 5.69 Å². The third-order valence-corrected chi connectivity index (χ3v) is 4.21. The number of nitrogens with zero attached hydrogens (tertiary/aromatic N) is 4. The van der Waals surface area contributed by atoms with Gasteiger partial charge in [-0.3, -0.25) is 4.79 Å². The second-order valence-corrected chi connectivity index (χ2v) is 5.63. The lowest BCUT2D eigenvalue weighted by atomic mass is 10.2. The van der Waals surface area contributed by atoms with Gasteiger partial charge in [-0.15, -0.1) is 5.10 Å². The quantitative estimate of drug-likeness (QED) is 0.907. The Hall–Kier alpha value is -2.90. The zero-order valence-electron chi connectivity index (χ0n) is 13.5. The van der Waals surface area contributed by atoms with Crippen LogP contribution < -0.4 is 4.74 Å². The number of carbonyl (C=O) groups is 2. The molecule has 3 rings (SSSR count). The van der Waals surface area contributed by atoms with Crippen LogP contribution in [-0.4, -0.2) is 56.6 Å². The van der Waals surface area contributed by atoms with E-state index in [1.54, 1.807) is 30.8 Å². The first-order valence-corrected chi connectivity index (χ1v) is 7.63. The van der Waals surface area contributed by atoms with Gasteiger partial charge in [-0.2, -0.15) is 0 Å². The van der Waals surface area contributed by atoms with Crippen LogP contribution in [0.5, 0.6) is 5.75 Å². The van der Waals surface area contributed by atoms with Crippen molar-refractivity contribution in [2.24, 2.45) is 0 Å². The van der Waals surface area contributed by atoms with E-state index in [9.17, 15) is 14.7 Å². The average Bonchev–Trinajstić information content (AvgIpc) is 3.21. The Morgan fingerprint density at radius 3 is 2.62 bits per heavy atom. The summed E-state index contributed by atoms with van der Waals surface area (Å²) in [5.74, 6) is -0.660. The fourth-order valence-corrected chi connectivity index (χ4v) is 2.90. The predicted molar refractivity (Wildman–Crippen MR) is 84.3 cm³/mol. The Labute approximate surface area is 138 Å². The molecule has 0 unspecified atom stereocenters. The van der Waals surface area contributed by atoms with Gasteiger partial charge in [0.05, 0.1) is 18.5 Å². The first kappa shape index (κ1) is 16.0. The van der Waals surface area contributed by atoms with Crippen LogP contribution in [0.15, 0.2) is 24.3 Å². The van der Waals surface area contributed by atoms with Crippen molar-refractivity contribution >= 4 is 11.9 Å². The van der Waals surface area contributed by atoms with Crippen molar-refractivity contribution < 1.29 is 19.4 Å². The molecule has 1 saturated heterocycles. The van der Waals surface area contributed by atoms with E-state index in [0.717, 1.165) is 5.69 Å². The van der Waals surface area contributed by atoms with Crippen molar-refractivity contribution in [3.63, 3.8) is 0 Å². The van der Waals surface area contributed by atoms with E-state index < -0.39 is 17.9 Å². The number of hydrogen-bond donors (Lipinski definition) is 1. The third kappa shape index (κ3) is 2.70. The van der Waals surface area contributed by atoms with Gasteiger partial charge in [-0.25, -0.2) is 9.48 Å². The minimum absolute atomic E-state index is 0.180. The molecule has 0 bridgehead atoms. The van der Waals surface area contributed by atoms with Crippen LogP contribution in [0.3, 0.4) is 0 Å². The Balaban J connectivity index is 1.89. The molecular weight excluding hydrogens is 312 g/mol. The highest BCUT2D eigenvalue weighted by Crippen LogP contribution is 2.22. The number of carbonyl (C=O) groups excluding carboxylic acids is 1. The van der Waals surface area contributed by atoms with Crippen LogP contribution in [0.1, 0.15) is 29.0 Å². The Kier molecular flexibility index (Phi) is 4.20. The summed E-state index contributed by atoms with van der Waals surface area (Å²) < 4.78 is 6.67. The third-order valence-electron chi connectivity index (χ3n) is 4.21. The molecule has 2 aromatic rings. The van der Waals surface area contributed by atoms with E-state index in [4.69, 9.17) is 4.74 Å². The average molecular weight is 330 g/mol. The molecule has 1 aromatic carbocycles. The van der Waals surface area contributed by atoms with Crippen molar-refractivity contribution in [1.29, 1.82) is 0 Å². The number of aromatic nitrogens is 3. The van der Waals surface area contributed by atoms with Crippen molar-refractivity contribution in [3.8, 4) is 11.4 Å². The molecule has 0 aliphatic carbocycles. The van der Waals surface area contributed by atoms with Crippen LogP contribution >= 0.6 is 0 Å². The van der Waals surface area contributed by atoms with Gasteiger partial charge in [0, 0.05) is 6.54 Å². The molecule has 0 saturated carbocycles. The van der Waals surface area contributed by atoms with Crippen LogP contribution in [0.4, 0.5) is 0 Å². The van der Waals surface area contributed by atoms with Gasteiger partial charge in [-0.1, -0.05) is 5.21 Å². The van der Waals surface area contributed by atoms with E-state index in [1.807, 2.05) is 12.1 Å². The van der Waals surface area contributed by atoms with Gasteiger partial charge in [0.25, 0.3) is 5.91 Å². The molecule has 8 nitrogen and oxygen atoms in total. The lowest BCUT2D eigenvalue weighted by Crippen LogP contribution is -2.40. The molecule has 8 heteroatoms. The molecule has 1 amide bonds. The van der Waals surface area contributed by atoms with Gasteiger partial charge >= 0.3 is 5.97 Å². The van der Waals surface area contributed by atoms with Crippen LogP contribution in [0, 0.1) is 6.92 Å². The fraction of sp³-hybridized carbons (Fsp3) is 0.375. The second-order valence-electron chi connectivity index (χ2n) is 5.63. The molecular formula is C16H18N4O4. The van der Waals surface area contributed by atoms with Gasteiger partial charge in [0.2, 0.25) is 0 Å². The summed E-state index contributed by atoms with van der Waals surface area (Å²) in [5.41, 5.74) is 1.50. The van der Waals surface area contributed by atoms with Gasteiger partial charge < -0.3 is 14.7 Å².